The van der Waals surface area contributed by atoms with Crippen molar-refractivity contribution in [3.05, 3.63) is 71.5 Å². The van der Waals surface area contributed by atoms with E-state index in [9.17, 15) is 14.4 Å². The second kappa shape index (κ2) is 12.2. The fourth-order valence-electron chi connectivity index (χ4n) is 4.62. The predicted octanol–water partition coefficient (Wildman–Crippen LogP) is 6.10. The summed E-state index contributed by atoms with van der Waals surface area (Å²) < 4.78 is 21.2. The third-order valence-corrected chi connectivity index (χ3v) is 7.03. The van der Waals surface area contributed by atoms with E-state index in [2.05, 4.69) is 18.0 Å². The van der Waals surface area contributed by atoms with Gasteiger partial charge >= 0.3 is 0 Å². The van der Waals surface area contributed by atoms with E-state index in [0.29, 0.717) is 28.5 Å². The molecule has 5 rings (SSSR count). The molecule has 1 saturated carbocycles. The van der Waals surface area contributed by atoms with Crippen LogP contribution in [0.3, 0.4) is 0 Å². The molecule has 0 radical (unpaired) electrons. The Morgan fingerprint density at radius 3 is 2.50 bits per heavy atom. The average molecular weight is 543 g/mol. The molecule has 2 aromatic heterocycles. The first-order valence-corrected chi connectivity index (χ1v) is 13.5. The molecule has 0 saturated heterocycles. The van der Waals surface area contributed by atoms with Crippen LogP contribution in [0.15, 0.2) is 54.9 Å². The van der Waals surface area contributed by atoms with Crippen molar-refractivity contribution in [2.45, 2.75) is 46.3 Å². The Bertz CT molecular complexity index is 1540. The SMILES string of the molecule is CC.CCc1ccc(C#N)cc1N(C)c1cc2c(ncn2C)c(N(Cc2ccc(OC)cc2)C(=O)[C@H]2C[C@H]2F)n1. The van der Waals surface area contributed by atoms with E-state index in [0.717, 1.165) is 28.8 Å². The summed E-state index contributed by atoms with van der Waals surface area (Å²) in [7, 11) is 5.36. The van der Waals surface area contributed by atoms with E-state index in [-0.39, 0.29) is 18.9 Å². The number of nitriles is 1. The second-order valence-electron chi connectivity index (χ2n) is 9.53. The normalized spacial score (nSPS) is 15.6. The zero-order chi connectivity index (χ0) is 29.0. The lowest BCUT2D eigenvalue weighted by atomic mass is 10.1. The minimum Gasteiger partial charge on any atom is -0.497 e. The number of fused-ring (bicyclic) bond motifs is 1. The van der Waals surface area contributed by atoms with Gasteiger partial charge in [0.25, 0.3) is 0 Å². The molecule has 0 bridgehead atoms. The van der Waals surface area contributed by atoms with Gasteiger partial charge in [0.05, 0.1) is 43.0 Å². The van der Waals surface area contributed by atoms with Gasteiger partial charge in [-0.2, -0.15) is 5.26 Å². The maximum atomic E-state index is 14.1. The highest BCUT2D eigenvalue weighted by molar-refractivity contribution is 6.03. The molecule has 1 amide bonds. The molecule has 1 fully saturated rings. The molecule has 0 aliphatic heterocycles. The Labute approximate surface area is 234 Å². The maximum Gasteiger partial charge on any atom is 0.234 e. The zero-order valence-electron chi connectivity index (χ0n) is 23.8. The lowest BCUT2D eigenvalue weighted by Crippen LogP contribution is -2.33. The van der Waals surface area contributed by atoms with Gasteiger partial charge < -0.3 is 14.2 Å². The number of amides is 1. The molecule has 40 heavy (non-hydrogen) atoms. The number of imidazole rings is 1. The average Bonchev–Trinajstić information content (AvgIpc) is 3.62. The lowest BCUT2D eigenvalue weighted by Gasteiger charge is -2.26. The fraction of sp³-hybridized carbons (Fsp3) is 0.355. The summed E-state index contributed by atoms with van der Waals surface area (Å²) in [6.45, 7) is 6.27. The first kappa shape index (κ1) is 28.6. The number of hydrogen-bond acceptors (Lipinski definition) is 6. The molecular weight excluding hydrogens is 507 g/mol. The van der Waals surface area contributed by atoms with Crippen molar-refractivity contribution in [2.24, 2.45) is 13.0 Å². The zero-order valence-corrected chi connectivity index (χ0v) is 23.8. The highest BCUT2D eigenvalue weighted by Gasteiger charge is 2.46. The van der Waals surface area contributed by atoms with Crippen molar-refractivity contribution in [3.8, 4) is 11.8 Å². The van der Waals surface area contributed by atoms with E-state index in [1.54, 1.807) is 24.4 Å². The van der Waals surface area contributed by atoms with Crippen LogP contribution in [0.5, 0.6) is 5.75 Å². The summed E-state index contributed by atoms with van der Waals surface area (Å²) in [6, 6.07) is 17.1. The summed E-state index contributed by atoms with van der Waals surface area (Å²) in [5.74, 6) is 0.667. The summed E-state index contributed by atoms with van der Waals surface area (Å²) in [4.78, 5) is 26.5. The number of carbonyl (C=O) groups excluding carboxylic acids is 1. The lowest BCUT2D eigenvalue weighted by molar-refractivity contribution is -0.120. The third-order valence-electron chi connectivity index (χ3n) is 7.03. The van der Waals surface area contributed by atoms with E-state index in [1.165, 1.54) is 0 Å². The number of hydrogen-bond donors (Lipinski definition) is 0. The molecule has 1 aliphatic rings. The second-order valence-corrected chi connectivity index (χ2v) is 9.53. The topological polar surface area (TPSA) is 87.3 Å². The number of ether oxygens (including phenoxy) is 1. The van der Waals surface area contributed by atoms with Gasteiger partial charge in [-0.25, -0.2) is 14.4 Å². The van der Waals surface area contributed by atoms with Crippen LogP contribution in [0.1, 0.15) is 43.9 Å². The van der Waals surface area contributed by atoms with Gasteiger partial charge in [0.2, 0.25) is 5.91 Å². The first-order chi connectivity index (χ1) is 19.3. The minimum absolute atomic E-state index is 0.210. The van der Waals surface area contributed by atoms with Gasteiger partial charge in [-0.15, -0.1) is 0 Å². The van der Waals surface area contributed by atoms with Crippen molar-refractivity contribution >= 4 is 34.3 Å². The molecule has 4 aromatic rings. The van der Waals surface area contributed by atoms with E-state index >= 15 is 0 Å². The van der Waals surface area contributed by atoms with Gasteiger partial charge in [-0.05, 0) is 48.2 Å². The van der Waals surface area contributed by atoms with Crippen LogP contribution in [0.2, 0.25) is 0 Å². The Hall–Kier alpha value is -4.45. The number of alkyl halides is 1. The van der Waals surface area contributed by atoms with Crippen molar-refractivity contribution < 1.29 is 13.9 Å². The van der Waals surface area contributed by atoms with Crippen LogP contribution in [0, 0.1) is 17.2 Å². The standard InChI is InChI=1S/C29H29FN6O2.C2H6/c1-5-20-9-6-19(15-31)12-24(20)35(3)26-14-25-27(32-17-34(25)2)28(33-26)36(29(37)22-13-23(22)30)16-18-7-10-21(38-4)11-8-18;1-2/h6-12,14,17,22-23H,5,13,16H2,1-4H3;1-2H3/t22-,23+;/m0./s1. The van der Waals surface area contributed by atoms with Crippen LogP contribution < -0.4 is 14.5 Å². The maximum absolute atomic E-state index is 14.1. The Morgan fingerprint density at radius 2 is 1.90 bits per heavy atom. The molecule has 9 heteroatoms. The Kier molecular flexibility index (Phi) is 8.68. The van der Waals surface area contributed by atoms with Gasteiger partial charge in [0.15, 0.2) is 5.82 Å². The highest BCUT2D eigenvalue weighted by atomic mass is 19.1. The first-order valence-electron chi connectivity index (χ1n) is 13.5. The molecule has 1 aliphatic carbocycles. The summed E-state index contributed by atoms with van der Waals surface area (Å²) in [5, 5.41) is 9.48. The fourth-order valence-corrected chi connectivity index (χ4v) is 4.62. The van der Waals surface area contributed by atoms with Crippen LogP contribution in [0.4, 0.5) is 21.7 Å². The van der Waals surface area contributed by atoms with E-state index in [4.69, 9.17) is 9.72 Å². The number of pyridine rings is 1. The Balaban J connectivity index is 0.00000181. The van der Waals surface area contributed by atoms with Gasteiger partial charge in [0, 0.05) is 25.8 Å². The highest BCUT2D eigenvalue weighted by Crippen LogP contribution is 2.39. The van der Waals surface area contributed by atoms with Crippen LogP contribution in [-0.2, 0) is 24.8 Å². The van der Waals surface area contributed by atoms with Gasteiger partial charge in [-0.3, -0.25) is 9.69 Å². The number of anilines is 3. The molecular formula is C31H35FN6O2. The van der Waals surface area contributed by atoms with Gasteiger partial charge in [-0.1, -0.05) is 39.0 Å². The number of methoxy groups -OCH3 is 1. The van der Waals surface area contributed by atoms with E-state index < -0.39 is 12.1 Å². The van der Waals surface area contributed by atoms with Crippen LogP contribution >= 0.6 is 0 Å². The van der Waals surface area contributed by atoms with E-state index in [1.807, 2.05) is 79.9 Å². The third kappa shape index (κ3) is 5.62. The molecule has 208 valence electrons. The number of aryl methyl sites for hydroxylation is 2. The largest absolute Gasteiger partial charge is 0.497 e. The summed E-state index contributed by atoms with van der Waals surface area (Å²) >= 11 is 0. The minimum atomic E-state index is -1.15. The molecule has 2 atom stereocenters. The molecule has 2 heterocycles. The monoisotopic (exact) mass is 542 g/mol. The number of rotatable bonds is 8. The number of nitrogens with zero attached hydrogens (tertiary/aromatic N) is 6. The number of halogens is 1. The molecule has 0 unspecified atom stereocenters. The van der Waals surface area contributed by atoms with Crippen LogP contribution in [0.25, 0.3) is 11.0 Å². The summed E-state index contributed by atoms with van der Waals surface area (Å²) in [6.07, 6.45) is 1.52. The molecule has 8 nitrogen and oxygen atoms in total. The number of benzene rings is 2. The van der Waals surface area contributed by atoms with Crippen molar-refractivity contribution in [1.29, 1.82) is 5.26 Å². The van der Waals surface area contributed by atoms with Crippen molar-refractivity contribution in [3.63, 3.8) is 0 Å². The Morgan fingerprint density at radius 1 is 1.20 bits per heavy atom. The number of aromatic nitrogens is 3. The summed E-state index contributed by atoms with van der Waals surface area (Å²) in [5.41, 5.74) is 4.66. The smallest absolute Gasteiger partial charge is 0.234 e. The quantitative estimate of drug-likeness (QED) is 0.268. The molecule has 2 aromatic carbocycles. The van der Waals surface area contributed by atoms with Gasteiger partial charge in [0.1, 0.15) is 23.3 Å². The molecule has 0 spiro atoms. The van der Waals surface area contributed by atoms with Crippen molar-refractivity contribution in [1.82, 2.24) is 14.5 Å². The number of carbonyl (C=O) groups is 1. The van der Waals surface area contributed by atoms with Crippen molar-refractivity contribution in [2.75, 3.05) is 24.0 Å². The van der Waals surface area contributed by atoms with Crippen LogP contribution in [-0.4, -0.2) is 40.8 Å². The molecule has 0 N–H and O–H groups in total. The predicted molar refractivity (Wildman–Crippen MR) is 156 cm³/mol.